The molecule has 138 valence electrons. The molecule has 2 aromatic carbocycles. The second-order valence-electron chi connectivity index (χ2n) is 9.88. The van der Waals surface area contributed by atoms with Gasteiger partial charge in [0.25, 0.3) is 0 Å². The van der Waals surface area contributed by atoms with Crippen molar-refractivity contribution >= 4 is 15.8 Å². The van der Waals surface area contributed by atoms with Crippen LogP contribution in [0.4, 0.5) is 0 Å². The summed E-state index contributed by atoms with van der Waals surface area (Å²) in [5.41, 5.74) is 8.07. The lowest BCUT2D eigenvalue weighted by Crippen LogP contribution is -2.20. The first-order valence-corrected chi connectivity index (χ1v) is 13.1. The molecule has 0 aliphatic carbocycles. The molecule has 0 spiro atoms. The van der Waals surface area contributed by atoms with E-state index in [0.29, 0.717) is 10.3 Å². The molecule has 2 aliphatic rings. The average Bonchev–Trinajstić information content (AvgIpc) is 3.12. The normalized spacial score (nSPS) is 28.1. The zero-order valence-corrected chi connectivity index (χ0v) is 18.9. The molecular formula is C24H32P2. The minimum absolute atomic E-state index is 0.0695. The van der Waals surface area contributed by atoms with E-state index < -0.39 is 0 Å². The minimum atomic E-state index is -0.0695. The largest absolute Gasteiger partial charge is 0.0880 e. The molecule has 26 heavy (non-hydrogen) atoms. The van der Waals surface area contributed by atoms with Gasteiger partial charge >= 0.3 is 0 Å². The summed E-state index contributed by atoms with van der Waals surface area (Å²) >= 11 is 0. The number of rotatable bonds is 1. The third-order valence-corrected chi connectivity index (χ3v) is 13.7. The monoisotopic (exact) mass is 382 g/mol. The van der Waals surface area contributed by atoms with Crippen LogP contribution < -0.4 is 0 Å². The molecule has 0 N–H and O–H groups in total. The number of hydrogen-bond acceptors (Lipinski definition) is 0. The van der Waals surface area contributed by atoms with E-state index in [1.807, 2.05) is 0 Å². The highest BCUT2D eigenvalue weighted by Crippen LogP contribution is 2.80. The molecule has 0 nitrogen and oxygen atoms in total. The number of fused-ring (bicyclic) bond motifs is 2. The van der Waals surface area contributed by atoms with Crippen molar-refractivity contribution in [1.82, 2.24) is 0 Å². The molecule has 0 fully saturated rings. The maximum atomic E-state index is 2.48. The summed E-state index contributed by atoms with van der Waals surface area (Å²) in [7, 11) is -0.139. The molecule has 3 unspecified atom stereocenters. The quantitative estimate of drug-likeness (QED) is 0.438. The molecule has 2 heterocycles. The standard InChI is InChI=1S/C24H32P2/c1-23(2,3)25-15-17-11-7-9-13-19(17)21(25)22-20-14-10-8-12-18(20)16-26(22)24(4,5)6/h7-14,21-22H,15-16H2,1-6H3/t21-,22?,25?,26?/m1/s1. The van der Waals surface area contributed by atoms with Crippen LogP contribution in [0, 0.1) is 0 Å². The molecule has 2 aliphatic heterocycles. The molecule has 2 aromatic rings. The summed E-state index contributed by atoms with van der Waals surface area (Å²) in [4.78, 5) is 0. The van der Waals surface area contributed by atoms with E-state index in [1.165, 1.54) is 12.3 Å². The van der Waals surface area contributed by atoms with Crippen LogP contribution in [0.15, 0.2) is 48.5 Å². The average molecular weight is 382 g/mol. The van der Waals surface area contributed by atoms with Crippen molar-refractivity contribution in [2.75, 3.05) is 0 Å². The maximum Gasteiger partial charge on any atom is 0.0161 e. The van der Waals surface area contributed by atoms with Gasteiger partial charge in [0.05, 0.1) is 0 Å². The van der Waals surface area contributed by atoms with E-state index in [-0.39, 0.29) is 15.8 Å². The van der Waals surface area contributed by atoms with E-state index >= 15 is 0 Å². The summed E-state index contributed by atoms with van der Waals surface area (Å²) in [6.45, 7) is 14.9. The van der Waals surface area contributed by atoms with Gasteiger partial charge in [0.2, 0.25) is 0 Å². The first kappa shape index (κ1) is 18.7. The fraction of sp³-hybridized carbons (Fsp3) is 0.500. The predicted molar refractivity (Wildman–Crippen MR) is 119 cm³/mol. The zero-order valence-electron chi connectivity index (χ0n) is 17.1. The Morgan fingerprint density at radius 3 is 1.31 bits per heavy atom. The van der Waals surface area contributed by atoms with Crippen molar-refractivity contribution in [2.24, 2.45) is 0 Å². The molecule has 0 radical (unpaired) electrons. The third-order valence-electron chi connectivity index (χ3n) is 6.12. The molecule has 0 bridgehead atoms. The van der Waals surface area contributed by atoms with Gasteiger partial charge in [0, 0.05) is 11.3 Å². The van der Waals surface area contributed by atoms with Crippen molar-refractivity contribution in [3.8, 4) is 0 Å². The number of hydrogen-bond donors (Lipinski definition) is 0. The highest BCUT2D eigenvalue weighted by Gasteiger charge is 2.50. The van der Waals surface area contributed by atoms with Crippen LogP contribution >= 0.6 is 15.8 Å². The summed E-state index contributed by atoms with van der Waals surface area (Å²) in [6, 6.07) is 18.7. The van der Waals surface area contributed by atoms with Crippen LogP contribution in [0.25, 0.3) is 0 Å². The van der Waals surface area contributed by atoms with Gasteiger partial charge in [-0.05, 0) is 44.9 Å². The Morgan fingerprint density at radius 1 is 0.615 bits per heavy atom. The van der Waals surface area contributed by atoms with Crippen LogP contribution in [0.5, 0.6) is 0 Å². The lowest BCUT2D eigenvalue weighted by molar-refractivity contribution is 0.736. The first-order chi connectivity index (χ1) is 12.2. The Morgan fingerprint density at radius 2 is 0.962 bits per heavy atom. The maximum absolute atomic E-state index is 2.48. The van der Waals surface area contributed by atoms with Crippen molar-refractivity contribution in [3.63, 3.8) is 0 Å². The molecule has 0 saturated heterocycles. The first-order valence-electron chi connectivity index (χ1n) is 9.87. The van der Waals surface area contributed by atoms with Gasteiger partial charge in [0.1, 0.15) is 0 Å². The van der Waals surface area contributed by atoms with Crippen LogP contribution in [0.2, 0.25) is 0 Å². The second kappa shape index (κ2) is 6.43. The fourth-order valence-electron chi connectivity index (χ4n) is 4.82. The van der Waals surface area contributed by atoms with Gasteiger partial charge in [0.15, 0.2) is 0 Å². The van der Waals surface area contributed by atoms with E-state index in [0.717, 1.165) is 11.3 Å². The van der Waals surface area contributed by atoms with Gasteiger partial charge in [-0.25, -0.2) is 0 Å². The molecule has 0 saturated carbocycles. The van der Waals surface area contributed by atoms with Crippen LogP contribution in [-0.4, -0.2) is 10.3 Å². The lowest BCUT2D eigenvalue weighted by atomic mass is 9.98. The van der Waals surface area contributed by atoms with Crippen LogP contribution in [-0.2, 0) is 12.3 Å². The van der Waals surface area contributed by atoms with Crippen molar-refractivity contribution in [1.29, 1.82) is 0 Å². The highest BCUT2D eigenvalue weighted by atomic mass is 31.1. The molecule has 4 rings (SSSR count). The Bertz CT molecular complexity index is 740. The summed E-state index contributed by atoms with van der Waals surface area (Å²) < 4.78 is 0. The number of benzene rings is 2. The van der Waals surface area contributed by atoms with Gasteiger partial charge < -0.3 is 0 Å². The van der Waals surface area contributed by atoms with Gasteiger partial charge in [-0.3, -0.25) is 0 Å². The van der Waals surface area contributed by atoms with E-state index in [2.05, 4.69) is 90.1 Å². The van der Waals surface area contributed by atoms with Crippen molar-refractivity contribution in [3.05, 3.63) is 70.8 Å². The van der Waals surface area contributed by atoms with Crippen molar-refractivity contribution < 1.29 is 0 Å². The molecule has 4 atom stereocenters. The lowest BCUT2D eigenvalue weighted by Gasteiger charge is -2.42. The summed E-state index contributed by atoms with van der Waals surface area (Å²) in [5, 5.41) is 0.797. The molecule has 0 amide bonds. The fourth-order valence-corrected chi connectivity index (χ4v) is 12.3. The zero-order chi connectivity index (χ0) is 18.7. The predicted octanol–water partition coefficient (Wildman–Crippen LogP) is 8.06. The Hall–Kier alpha value is -0.700. The molecule has 2 heteroatoms. The van der Waals surface area contributed by atoms with E-state index in [1.54, 1.807) is 22.3 Å². The SMILES string of the molecule is CC(C)(C)P1Cc2ccccc2C1[C@H]1c2ccccc2CP1C(C)(C)C. The Balaban J connectivity index is 1.89. The second-order valence-corrected chi connectivity index (χ2v) is 16.2. The molecule has 0 aromatic heterocycles. The van der Waals surface area contributed by atoms with Crippen LogP contribution in [0.3, 0.4) is 0 Å². The Kier molecular flexibility index (Phi) is 4.61. The topological polar surface area (TPSA) is 0 Å². The van der Waals surface area contributed by atoms with Gasteiger partial charge in [-0.2, -0.15) is 0 Å². The van der Waals surface area contributed by atoms with E-state index in [9.17, 15) is 0 Å². The third kappa shape index (κ3) is 3.08. The van der Waals surface area contributed by atoms with Gasteiger partial charge in [-0.15, -0.1) is 0 Å². The summed E-state index contributed by atoms with van der Waals surface area (Å²) in [5.74, 6) is 0. The highest BCUT2D eigenvalue weighted by molar-refractivity contribution is 7.63. The molecular weight excluding hydrogens is 350 g/mol. The van der Waals surface area contributed by atoms with Crippen LogP contribution in [0.1, 0.15) is 75.1 Å². The van der Waals surface area contributed by atoms with Crippen molar-refractivity contribution in [2.45, 2.75) is 75.5 Å². The summed E-state index contributed by atoms with van der Waals surface area (Å²) in [6.07, 6.45) is 2.62. The Labute approximate surface area is 162 Å². The minimum Gasteiger partial charge on any atom is -0.0880 e. The van der Waals surface area contributed by atoms with E-state index in [4.69, 9.17) is 0 Å². The smallest absolute Gasteiger partial charge is 0.0161 e. The van der Waals surface area contributed by atoms with Gasteiger partial charge in [-0.1, -0.05) is 106 Å².